The molecule has 1 aliphatic rings. The van der Waals surface area contributed by atoms with Gasteiger partial charge in [-0.25, -0.2) is 4.79 Å². The molecule has 2 nitrogen and oxygen atoms in total. The van der Waals surface area contributed by atoms with E-state index in [1.165, 1.54) is 0 Å². The predicted octanol–water partition coefficient (Wildman–Crippen LogP) is 4.10. The van der Waals surface area contributed by atoms with Crippen LogP contribution in [0.3, 0.4) is 0 Å². The third kappa shape index (κ3) is 1.62. The lowest BCUT2D eigenvalue weighted by molar-refractivity contribution is 0.0456. The van der Waals surface area contributed by atoms with Crippen LogP contribution in [0.25, 0.3) is 10.8 Å². The fraction of sp³-hybridized carbons (Fsp3) is 0.0556. The number of hydrogen-bond acceptors (Lipinski definition) is 2. The highest BCUT2D eigenvalue weighted by molar-refractivity contribution is 6.00. The van der Waals surface area contributed by atoms with Crippen LogP contribution in [-0.4, -0.2) is 5.97 Å². The zero-order valence-electron chi connectivity index (χ0n) is 10.7. The molecule has 20 heavy (non-hydrogen) atoms. The lowest BCUT2D eigenvalue weighted by Gasteiger charge is -2.11. The van der Waals surface area contributed by atoms with Crippen LogP contribution in [-0.2, 0) is 4.74 Å². The van der Waals surface area contributed by atoms with E-state index in [2.05, 4.69) is 12.1 Å². The van der Waals surface area contributed by atoms with Gasteiger partial charge in [0.15, 0.2) is 6.10 Å². The van der Waals surface area contributed by atoms with Gasteiger partial charge in [-0.15, -0.1) is 0 Å². The largest absolute Gasteiger partial charge is 0.449 e. The van der Waals surface area contributed by atoms with E-state index in [9.17, 15) is 4.79 Å². The van der Waals surface area contributed by atoms with Crippen LogP contribution in [0.5, 0.6) is 0 Å². The highest BCUT2D eigenvalue weighted by atomic mass is 16.5. The average Bonchev–Trinajstić information content (AvgIpc) is 2.83. The number of cyclic esters (lactones) is 1. The van der Waals surface area contributed by atoms with Crippen LogP contribution in [0.4, 0.5) is 0 Å². The Labute approximate surface area is 116 Å². The number of rotatable bonds is 1. The predicted molar refractivity (Wildman–Crippen MR) is 77.6 cm³/mol. The normalized spacial score (nSPS) is 17.0. The van der Waals surface area contributed by atoms with E-state index in [1.54, 1.807) is 0 Å². The maximum Gasteiger partial charge on any atom is 0.339 e. The minimum Gasteiger partial charge on any atom is -0.449 e. The van der Waals surface area contributed by atoms with E-state index in [4.69, 9.17) is 4.74 Å². The Bertz CT molecular complexity index is 806. The number of benzene rings is 3. The smallest absolute Gasteiger partial charge is 0.339 e. The molecule has 0 bridgehead atoms. The first-order valence-electron chi connectivity index (χ1n) is 6.61. The molecule has 96 valence electrons. The van der Waals surface area contributed by atoms with Gasteiger partial charge >= 0.3 is 5.97 Å². The molecule has 0 saturated carbocycles. The molecule has 0 radical (unpaired) electrons. The first kappa shape index (κ1) is 11.2. The van der Waals surface area contributed by atoms with Gasteiger partial charge in [0.05, 0.1) is 5.56 Å². The van der Waals surface area contributed by atoms with Gasteiger partial charge in [-0.2, -0.15) is 0 Å². The lowest BCUT2D eigenvalue weighted by atomic mass is 9.96. The molecule has 1 aliphatic heterocycles. The van der Waals surface area contributed by atoms with Crippen molar-refractivity contribution in [2.75, 3.05) is 0 Å². The molecule has 0 aromatic heterocycles. The molecule has 4 rings (SSSR count). The van der Waals surface area contributed by atoms with Gasteiger partial charge in [0.1, 0.15) is 0 Å². The van der Waals surface area contributed by atoms with E-state index in [0.717, 1.165) is 21.9 Å². The van der Waals surface area contributed by atoms with E-state index in [1.807, 2.05) is 54.6 Å². The number of esters is 1. The fourth-order valence-electron chi connectivity index (χ4n) is 2.76. The quantitative estimate of drug-likeness (QED) is 0.616. The molecule has 3 aromatic carbocycles. The summed E-state index contributed by atoms with van der Waals surface area (Å²) in [7, 11) is 0. The molecule has 1 heterocycles. The van der Waals surface area contributed by atoms with Gasteiger partial charge in [0.2, 0.25) is 0 Å². The van der Waals surface area contributed by atoms with Crippen molar-refractivity contribution in [1.29, 1.82) is 0 Å². The monoisotopic (exact) mass is 260 g/mol. The first-order valence-corrected chi connectivity index (χ1v) is 6.61. The Kier molecular flexibility index (Phi) is 2.36. The molecule has 0 amide bonds. The Morgan fingerprint density at radius 3 is 2.20 bits per heavy atom. The molecule has 1 unspecified atom stereocenters. The van der Waals surface area contributed by atoms with Crippen LogP contribution in [0.1, 0.15) is 27.6 Å². The Hall–Kier alpha value is -2.61. The molecular weight excluding hydrogens is 248 g/mol. The minimum atomic E-state index is -0.289. The maximum absolute atomic E-state index is 12.1. The third-order valence-electron chi connectivity index (χ3n) is 3.75. The van der Waals surface area contributed by atoms with Crippen LogP contribution >= 0.6 is 0 Å². The van der Waals surface area contributed by atoms with E-state index in [0.29, 0.717) is 5.56 Å². The van der Waals surface area contributed by atoms with Gasteiger partial charge in [-0.1, -0.05) is 54.6 Å². The van der Waals surface area contributed by atoms with Crippen LogP contribution in [0.15, 0.2) is 66.7 Å². The fourth-order valence-corrected chi connectivity index (χ4v) is 2.76. The second-order valence-electron chi connectivity index (χ2n) is 4.98. The molecule has 2 heteroatoms. The lowest BCUT2D eigenvalue weighted by Crippen LogP contribution is -2.00. The van der Waals surface area contributed by atoms with Crippen molar-refractivity contribution >= 4 is 16.7 Å². The van der Waals surface area contributed by atoms with Crippen molar-refractivity contribution in [2.45, 2.75) is 6.10 Å². The molecule has 1 atom stereocenters. The molecule has 0 saturated heterocycles. The summed E-state index contributed by atoms with van der Waals surface area (Å²) in [5, 5.41) is 2.20. The van der Waals surface area contributed by atoms with Crippen LogP contribution < -0.4 is 0 Å². The van der Waals surface area contributed by atoms with Gasteiger partial charge in [0, 0.05) is 5.56 Å². The summed E-state index contributed by atoms with van der Waals surface area (Å²) < 4.78 is 5.55. The van der Waals surface area contributed by atoms with Crippen molar-refractivity contribution in [3.8, 4) is 0 Å². The second kappa shape index (κ2) is 4.20. The van der Waals surface area contributed by atoms with E-state index >= 15 is 0 Å². The molecule has 0 N–H and O–H groups in total. The molecular formula is C18H12O2. The van der Waals surface area contributed by atoms with Gasteiger partial charge in [0.25, 0.3) is 0 Å². The van der Waals surface area contributed by atoms with Crippen LogP contribution in [0, 0.1) is 0 Å². The van der Waals surface area contributed by atoms with Crippen LogP contribution in [0.2, 0.25) is 0 Å². The number of ether oxygens (including phenoxy) is 1. The van der Waals surface area contributed by atoms with E-state index < -0.39 is 0 Å². The number of carbonyl (C=O) groups excluding carboxylic acids is 1. The SMILES string of the molecule is O=C1OC(c2ccccc2)c2cc3ccccc3cc21. The number of fused-ring (bicyclic) bond motifs is 2. The highest BCUT2D eigenvalue weighted by Crippen LogP contribution is 2.37. The summed E-state index contributed by atoms with van der Waals surface area (Å²) in [6.45, 7) is 0. The summed E-state index contributed by atoms with van der Waals surface area (Å²) in [5.74, 6) is -0.236. The summed E-state index contributed by atoms with van der Waals surface area (Å²) >= 11 is 0. The van der Waals surface area contributed by atoms with Crippen molar-refractivity contribution in [2.24, 2.45) is 0 Å². The zero-order valence-corrected chi connectivity index (χ0v) is 10.7. The van der Waals surface area contributed by atoms with Gasteiger partial charge < -0.3 is 4.74 Å². The summed E-state index contributed by atoms with van der Waals surface area (Å²) in [4.78, 5) is 12.1. The highest BCUT2D eigenvalue weighted by Gasteiger charge is 2.32. The molecule has 0 aliphatic carbocycles. The Morgan fingerprint density at radius 1 is 0.800 bits per heavy atom. The molecule has 3 aromatic rings. The first-order chi connectivity index (χ1) is 9.83. The average molecular weight is 260 g/mol. The summed E-state index contributed by atoms with van der Waals surface area (Å²) in [6.07, 6.45) is -0.289. The topological polar surface area (TPSA) is 26.3 Å². The summed E-state index contributed by atoms with van der Waals surface area (Å²) in [6, 6.07) is 21.9. The second-order valence-corrected chi connectivity index (χ2v) is 4.98. The Balaban J connectivity index is 1.94. The van der Waals surface area contributed by atoms with Gasteiger partial charge in [-0.05, 0) is 28.5 Å². The van der Waals surface area contributed by atoms with Crippen molar-refractivity contribution in [3.05, 3.63) is 83.4 Å². The third-order valence-corrected chi connectivity index (χ3v) is 3.75. The molecule has 0 spiro atoms. The standard InChI is InChI=1S/C18H12O2/c19-18-16-11-14-9-5-4-8-13(14)10-15(16)17(20-18)12-6-2-1-3-7-12/h1-11,17H. The van der Waals surface area contributed by atoms with Crippen molar-refractivity contribution in [3.63, 3.8) is 0 Å². The molecule has 0 fully saturated rings. The van der Waals surface area contributed by atoms with Crippen molar-refractivity contribution in [1.82, 2.24) is 0 Å². The zero-order chi connectivity index (χ0) is 13.5. The maximum atomic E-state index is 12.1. The van der Waals surface area contributed by atoms with Crippen molar-refractivity contribution < 1.29 is 9.53 Å². The minimum absolute atomic E-state index is 0.236. The number of carbonyl (C=O) groups is 1. The van der Waals surface area contributed by atoms with Gasteiger partial charge in [-0.3, -0.25) is 0 Å². The van der Waals surface area contributed by atoms with E-state index in [-0.39, 0.29) is 12.1 Å². The summed E-state index contributed by atoms with van der Waals surface area (Å²) in [5.41, 5.74) is 2.65. The number of hydrogen-bond donors (Lipinski definition) is 0. The Morgan fingerprint density at radius 2 is 1.45 bits per heavy atom.